The number of ether oxygens (including phenoxy) is 3. The largest absolute Gasteiger partial charge is 0.491 e. The maximum absolute atomic E-state index is 13.9. The molecule has 2 amide bonds. The first-order chi connectivity index (χ1) is 16.1. The maximum Gasteiger partial charge on any atom is 0.273 e. The molecule has 1 unspecified atom stereocenters. The molecule has 9 heteroatoms. The van der Waals surface area contributed by atoms with Crippen LogP contribution in [0.2, 0.25) is 0 Å². The molecule has 33 heavy (non-hydrogen) atoms. The molecule has 1 N–H and O–H groups in total. The Labute approximate surface area is 189 Å². The van der Waals surface area contributed by atoms with Crippen molar-refractivity contribution in [2.45, 2.75) is 18.8 Å². The number of rotatable bonds is 5. The predicted molar refractivity (Wildman–Crippen MR) is 116 cm³/mol. The fourth-order valence-corrected chi connectivity index (χ4v) is 4.79. The van der Waals surface area contributed by atoms with Crippen molar-refractivity contribution in [3.05, 3.63) is 65.0 Å². The molecule has 1 spiro atoms. The summed E-state index contributed by atoms with van der Waals surface area (Å²) in [7, 11) is 0. The fraction of sp³-hybridized carbons (Fsp3) is 0.292. The number of para-hydroxylation sites is 1. The van der Waals surface area contributed by atoms with Crippen LogP contribution >= 0.6 is 0 Å². The van der Waals surface area contributed by atoms with Gasteiger partial charge in [0.25, 0.3) is 5.91 Å². The molecule has 1 atom stereocenters. The molecule has 0 saturated carbocycles. The zero-order valence-corrected chi connectivity index (χ0v) is 17.9. The molecule has 0 radical (unpaired) electrons. The van der Waals surface area contributed by atoms with Gasteiger partial charge < -0.3 is 29.0 Å². The molecule has 0 saturated heterocycles. The lowest BCUT2D eigenvalue weighted by Crippen LogP contribution is -2.43. The molecule has 2 aromatic carbocycles. The minimum Gasteiger partial charge on any atom is -0.491 e. The summed E-state index contributed by atoms with van der Waals surface area (Å²) in [6.07, 6.45) is 0.577. The number of aromatic nitrogens is 1. The highest BCUT2D eigenvalue weighted by Crippen LogP contribution is 2.54. The van der Waals surface area contributed by atoms with E-state index in [0.29, 0.717) is 42.5 Å². The molecule has 0 aliphatic carbocycles. The van der Waals surface area contributed by atoms with Crippen molar-refractivity contribution in [3.63, 3.8) is 0 Å². The summed E-state index contributed by atoms with van der Waals surface area (Å²) < 4.78 is 22.0. The van der Waals surface area contributed by atoms with Gasteiger partial charge in [-0.15, -0.1) is 0 Å². The molecule has 168 valence electrons. The average Bonchev–Trinajstić information content (AvgIpc) is 3.59. The van der Waals surface area contributed by atoms with E-state index in [4.69, 9.17) is 18.7 Å². The third kappa shape index (κ3) is 2.88. The second kappa shape index (κ2) is 7.26. The molecule has 3 aromatic rings. The van der Waals surface area contributed by atoms with Gasteiger partial charge in [-0.3, -0.25) is 9.59 Å². The van der Waals surface area contributed by atoms with E-state index in [0.717, 1.165) is 16.8 Å². The topological polar surface area (TPSA) is 103 Å². The molecule has 3 aliphatic heterocycles. The molecule has 3 aliphatic rings. The van der Waals surface area contributed by atoms with Crippen molar-refractivity contribution in [2.24, 2.45) is 0 Å². The molecule has 0 fully saturated rings. The van der Waals surface area contributed by atoms with Crippen LogP contribution in [0.25, 0.3) is 0 Å². The zero-order valence-electron chi connectivity index (χ0n) is 17.9. The number of anilines is 1. The van der Waals surface area contributed by atoms with E-state index in [-0.39, 0.29) is 30.9 Å². The molecule has 1 aromatic heterocycles. The lowest BCUT2D eigenvalue weighted by atomic mass is 9.77. The number of amides is 2. The van der Waals surface area contributed by atoms with Gasteiger partial charge in [0, 0.05) is 36.5 Å². The van der Waals surface area contributed by atoms with Crippen molar-refractivity contribution < 1.29 is 28.3 Å². The van der Waals surface area contributed by atoms with Gasteiger partial charge in [-0.05, 0) is 31.0 Å². The normalized spacial score (nSPS) is 19.5. The van der Waals surface area contributed by atoms with Gasteiger partial charge in [-0.25, -0.2) is 0 Å². The van der Waals surface area contributed by atoms with E-state index in [1.807, 2.05) is 30.3 Å². The number of aryl methyl sites for hydroxylation is 1. The van der Waals surface area contributed by atoms with Crippen LogP contribution in [0.1, 0.15) is 33.8 Å². The van der Waals surface area contributed by atoms with E-state index >= 15 is 0 Å². The summed E-state index contributed by atoms with van der Waals surface area (Å²) in [6, 6.07) is 13.0. The third-order valence-corrected chi connectivity index (χ3v) is 6.35. The van der Waals surface area contributed by atoms with E-state index in [9.17, 15) is 9.59 Å². The molecule has 9 nitrogen and oxygen atoms in total. The van der Waals surface area contributed by atoms with Crippen LogP contribution in [0.5, 0.6) is 17.2 Å². The summed E-state index contributed by atoms with van der Waals surface area (Å²) >= 11 is 0. The Bertz CT molecular complexity index is 1280. The van der Waals surface area contributed by atoms with Crippen molar-refractivity contribution in [2.75, 3.05) is 31.4 Å². The first-order valence-corrected chi connectivity index (χ1v) is 10.8. The summed E-state index contributed by atoms with van der Waals surface area (Å²) in [5, 5.41) is 6.55. The number of carbonyl (C=O) groups excluding carboxylic acids is 2. The summed E-state index contributed by atoms with van der Waals surface area (Å²) in [5.41, 5.74) is 1.88. The molecule has 4 heterocycles. The van der Waals surface area contributed by atoms with Gasteiger partial charge in [0.2, 0.25) is 12.7 Å². The van der Waals surface area contributed by atoms with Crippen LogP contribution in [0.3, 0.4) is 0 Å². The van der Waals surface area contributed by atoms with Crippen LogP contribution in [0.15, 0.2) is 47.0 Å². The number of benzene rings is 2. The first kappa shape index (κ1) is 19.7. The summed E-state index contributed by atoms with van der Waals surface area (Å²) in [4.78, 5) is 27.8. The van der Waals surface area contributed by atoms with Crippen LogP contribution in [-0.2, 0) is 10.2 Å². The number of carbonyl (C=O) groups is 2. The first-order valence-electron chi connectivity index (χ1n) is 10.8. The standard InChI is InChI=1S/C24H21N3O6/c1-14-9-17(26-33-14)22(28)25-7-4-8-27-18-6-3-2-5-15(18)24(23(27)29)12-30-19-11-21-20(10-16(19)24)31-13-32-21/h2-3,5-6,9-11H,4,7-8,12-13H2,1H3,(H,25,28). The minimum atomic E-state index is -0.922. The Morgan fingerprint density at radius 3 is 2.73 bits per heavy atom. The van der Waals surface area contributed by atoms with E-state index in [2.05, 4.69) is 10.5 Å². The lowest BCUT2D eigenvalue weighted by Gasteiger charge is -2.23. The smallest absolute Gasteiger partial charge is 0.273 e. The average molecular weight is 447 g/mol. The Morgan fingerprint density at radius 2 is 1.91 bits per heavy atom. The second-order valence-electron chi connectivity index (χ2n) is 8.30. The number of hydrogen-bond donors (Lipinski definition) is 1. The van der Waals surface area contributed by atoms with Gasteiger partial charge in [-0.2, -0.15) is 0 Å². The number of nitrogens with one attached hydrogen (secondary N) is 1. The number of nitrogens with zero attached hydrogens (tertiary/aromatic N) is 2. The zero-order chi connectivity index (χ0) is 22.6. The highest BCUT2D eigenvalue weighted by Gasteiger charge is 2.57. The Hall–Kier alpha value is -4.01. The van der Waals surface area contributed by atoms with Gasteiger partial charge in [0.15, 0.2) is 17.2 Å². The Balaban J connectivity index is 1.24. The van der Waals surface area contributed by atoms with Crippen molar-refractivity contribution >= 4 is 17.5 Å². The van der Waals surface area contributed by atoms with Gasteiger partial charge in [0.05, 0.1) is 0 Å². The molecule has 0 bridgehead atoms. The van der Waals surface area contributed by atoms with Crippen LogP contribution in [0, 0.1) is 6.92 Å². The fourth-order valence-electron chi connectivity index (χ4n) is 4.79. The third-order valence-electron chi connectivity index (χ3n) is 6.35. The lowest BCUT2D eigenvalue weighted by molar-refractivity contribution is -0.122. The number of hydrogen-bond acceptors (Lipinski definition) is 7. The molecule has 6 rings (SSSR count). The SMILES string of the molecule is Cc1cc(C(=O)NCCCN2C(=O)C3(COc4cc5c(cc43)OCO5)c3ccccc32)no1. The van der Waals surface area contributed by atoms with Gasteiger partial charge in [-0.1, -0.05) is 23.4 Å². The summed E-state index contributed by atoms with van der Waals surface area (Å²) in [5.74, 6) is 2.11. The van der Waals surface area contributed by atoms with Crippen LogP contribution < -0.4 is 24.4 Å². The Kier molecular flexibility index (Phi) is 4.33. The van der Waals surface area contributed by atoms with Crippen molar-refractivity contribution in [1.29, 1.82) is 0 Å². The van der Waals surface area contributed by atoms with Crippen LogP contribution in [0.4, 0.5) is 5.69 Å². The highest BCUT2D eigenvalue weighted by atomic mass is 16.7. The van der Waals surface area contributed by atoms with Gasteiger partial charge >= 0.3 is 0 Å². The van der Waals surface area contributed by atoms with Gasteiger partial charge in [0.1, 0.15) is 23.5 Å². The second-order valence-corrected chi connectivity index (χ2v) is 8.30. The number of fused-ring (bicyclic) bond motifs is 5. The quantitative estimate of drug-likeness (QED) is 0.600. The monoisotopic (exact) mass is 447 g/mol. The van der Waals surface area contributed by atoms with E-state index in [1.54, 1.807) is 24.0 Å². The van der Waals surface area contributed by atoms with Crippen molar-refractivity contribution in [1.82, 2.24) is 10.5 Å². The highest BCUT2D eigenvalue weighted by molar-refractivity contribution is 6.11. The maximum atomic E-state index is 13.9. The van der Waals surface area contributed by atoms with E-state index in [1.165, 1.54) is 0 Å². The predicted octanol–water partition coefficient (Wildman–Crippen LogP) is 2.56. The Morgan fingerprint density at radius 1 is 1.09 bits per heavy atom. The van der Waals surface area contributed by atoms with E-state index < -0.39 is 5.41 Å². The van der Waals surface area contributed by atoms with Crippen molar-refractivity contribution in [3.8, 4) is 17.2 Å². The molecular weight excluding hydrogens is 426 g/mol. The summed E-state index contributed by atoms with van der Waals surface area (Å²) in [6.45, 7) is 2.96. The van der Waals surface area contributed by atoms with Crippen LogP contribution in [-0.4, -0.2) is 43.5 Å². The minimum absolute atomic E-state index is 0.0419. The molecular formula is C24H21N3O6.